The molecule has 0 radical (unpaired) electrons. The Morgan fingerprint density at radius 3 is 2.25 bits per heavy atom. The molecule has 0 saturated carbocycles. The third-order valence-electron chi connectivity index (χ3n) is 3.62. The predicted octanol–water partition coefficient (Wildman–Crippen LogP) is 4.81. The topological polar surface area (TPSA) is 60.9 Å². The molecule has 2 aromatic carbocycles. The van der Waals surface area contributed by atoms with Crippen LogP contribution >= 0.6 is 34.8 Å². The number of hydrogen-bond acceptors (Lipinski definition) is 2. The van der Waals surface area contributed by atoms with Crippen LogP contribution in [0.25, 0.3) is 22.5 Å². The average molecular weight is 381 g/mol. The summed E-state index contributed by atoms with van der Waals surface area (Å²) in [5.41, 5.74) is 8.20. The fourth-order valence-electron chi connectivity index (χ4n) is 2.53. The lowest BCUT2D eigenvalue weighted by molar-refractivity contribution is 0.0987. The molecule has 0 atom stereocenters. The quantitative estimate of drug-likeness (QED) is 0.708. The average Bonchev–Trinajstić information content (AvgIpc) is 2.86. The van der Waals surface area contributed by atoms with Crippen LogP contribution in [0.2, 0.25) is 15.1 Å². The summed E-state index contributed by atoms with van der Waals surface area (Å²) in [6, 6.07) is 12.3. The fourth-order valence-corrected chi connectivity index (χ4v) is 3.15. The number of carbonyl (C=O) groups excluding carboxylic acids is 1. The number of benzene rings is 2. The molecule has 1 amide bonds. The normalized spacial score (nSPS) is 10.8. The lowest BCUT2D eigenvalue weighted by Gasteiger charge is -2.09. The number of aromatic nitrogens is 2. The van der Waals surface area contributed by atoms with Gasteiger partial charge < -0.3 is 10.3 Å². The minimum atomic E-state index is -0.621. The second kappa shape index (κ2) is 6.48. The number of nitrogens with zero attached hydrogens (tertiary/aromatic N) is 2. The van der Waals surface area contributed by atoms with Crippen LogP contribution in [-0.2, 0) is 7.05 Å². The Morgan fingerprint density at radius 1 is 1.04 bits per heavy atom. The summed E-state index contributed by atoms with van der Waals surface area (Å²) in [6.07, 6.45) is 0. The van der Waals surface area contributed by atoms with E-state index in [0.717, 1.165) is 5.56 Å². The van der Waals surface area contributed by atoms with Crippen molar-refractivity contribution in [1.29, 1.82) is 0 Å². The first kappa shape index (κ1) is 16.8. The van der Waals surface area contributed by atoms with Gasteiger partial charge in [0, 0.05) is 28.2 Å². The van der Waals surface area contributed by atoms with E-state index in [1.807, 2.05) is 12.1 Å². The van der Waals surface area contributed by atoms with Gasteiger partial charge in [0.1, 0.15) is 0 Å². The van der Waals surface area contributed by atoms with Crippen LogP contribution in [0.1, 0.15) is 10.6 Å². The predicted molar refractivity (Wildman–Crippen MR) is 97.6 cm³/mol. The van der Waals surface area contributed by atoms with E-state index in [4.69, 9.17) is 40.5 Å². The Hall–Kier alpha value is -2.01. The van der Waals surface area contributed by atoms with Gasteiger partial charge in [0.2, 0.25) is 0 Å². The second-order valence-electron chi connectivity index (χ2n) is 5.19. The molecule has 2 N–H and O–H groups in total. The van der Waals surface area contributed by atoms with Crippen molar-refractivity contribution in [2.75, 3.05) is 0 Å². The summed E-state index contributed by atoms with van der Waals surface area (Å²) in [5.74, 6) is -0.481. The van der Waals surface area contributed by atoms with E-state index in [2.05, 4.69) is 4.98 Å². The van der Waals surface area contributed by atoms with E-state index >= 15 is 0 Å². The van der Waals surface area contributed by atoms with Crippen molar-refractivity contribution in [3.05, 3.63) is 63.4 Å². The molecule has 0 spiro atoms. The fraction of sp³-hybridized carbons (Fsp3) is 0.0588. The Labute approximate surface area is 153 Å². The van der Waals surface area contributed by atoms with Crippen LogP contribution in [0.5, 0.6) is 0 Å². The first-order valence-electron chi connectivity index (χ1n) is 6.96. The van der Waals surface area contributed by atoms with Crippen molar-refractivity contribution in [2.24, 2.45) is 12.8 Å². The molecule has 0 aliphatic heterocycles. The molecule has 0 unspecified atom stereocenters. The second-order valence-corrected chi connectivity index (χ2v) is 6.47. The largest absolute Gasteiger partial charge is 0.363 e. The Bertz CT molecular complexity index is 933. The molecule has 0 fully saturated rings. The van der Waals surface area contributed by atoms with E-state index in [-0.39, 0.29) is 5.82 Å². The molecular weight excluding hydrogens is 369 g/mol. The summed E-state index contributed by atoms with van der Waals surface area (Å²) in [7, 11) is 1.73. The maximum atomic E-state index is 11.7. The molecular formula is C17H12Cl3N3O. The smallest absolute Gasteiger partial charge is 0.284 e. The van der Waals surface area contributed by atoms with Gasteiger partial charge >= 0.3 is 0 Å². The molecule has 7 heteroatoms. The Morgan fingerprint density at radius 2 is 1.67 bits per heavy atom. The zero-order valence-corrected chi connectivity index (χ0v) is 14.8. The summed E-state index contributed by atoms with van der Waals surface area (Å²) >= 11 is 18.2. The maximum absolute atomic E-state index is 11.7. The third-order valence-corrected chi connectivity index (χ3v) is 4.42. The summed E-state index contributed by atoms with van der Waals surface area (Å²) < 4.78 is 1.64. The molecule has 0 aliphatic carbocycles. The first-order chi connectivity index (χ1) is 11.4. The molecule has 4 nitrogen and oxygen atoms in total. The number of primary amides is 1. The molecule has 3 aromatic rings. The van der Waals surface area contributed by atoms with Gasteiger partial charge in [-0.25, -0.2) is 4.98 Å². The molecule has 0 bridgehead atoms. The molecule has 1 heterocycles. The van der Waals surface area contributed by atoms with Crippen molar-refractivity contribution in [1.82, 2.24) is 9.55 Å². The molecule has 0 saturated heterocycles. The highest BCUT2D eigenvalue weighted by atomic mass is 35.5. The van der Waals surface area contributed by atoms with Gasteiger partial charge in [-0.15, -0.1) is 0 Å². The van der Waals surface area contributed by atoms with Gasteiger partial charge in [-0.1, -0.05) is 46.9 Å². The molecule has 0 aliphatic rings. The molecule has 3 rings (SSSR count). The number of imidazole rings is 1. The SMILES string of the molecule is Cn1c(C(N)=O)nc(-c2ccc(Cl)cc2Cl)c1-c1ccc(Cl)cc1. The van der Waals surface area contributed by atoms with Gasteiger partial charge in [0.05, 0.1) is 16.4 Å². The summed E-state index contributed by atoms with van der Waals surface area (Å²) in [4.78, 5) is 16.1. The highest BCUT2D eigenvalue weighted by molar-refractivity contribution is 6.36. The van der Waals surface area contributed by atoms with Crippen molar-refractivity contribution in [2.45, 2.75) is 0 Å². The minimum absolute atomic E-state index is 0.140. The van der Waals surface area contributed by atoms with Gasteiger partial charge in [-0.3, -0.25) is 4.79 Å². The van der Waals surface area contributed by atoms with Crippen LogP contribution in [0, 0.1) is 0 Å². The molecule has 24 heavy (non-hydrogen) atoms. The van der Waals surface area contributed by atoms with Crippen LogP contribution in [0.4, 0.5) is 0 Å². The number of amides is 1. The first-order valence-corrected chi connectivity index (χ1v) is 8.09. The zero-order valence-electron chi connectivity index (χ0n) is 12.6. The molecule has 1 aromatic heterocycles. The van der Waals surface area contributed by atoms with Crippen molar-refractivity contribution < 1.29 is 4.79 Å². The van der Waals surface area contributed by atoms with Gasteiger partial charge in [0.25, 0.3) is 5.91 Å². The van der Waals surface area contributed by atoms with E-state index < -0.39 is 5.91 Å². The zero-order chi connectivity index (χ0) is 17.4. The standard InChI is InChI=1S/C17H12Cl3N3O/c1-23-15(9-2-4-10(18)5-3-9)14(22-17(23)16(21)24)12-7-6-11(19)8-13(12)20/h2-8H,1H3,(H2,21,24). The monoisotopic (exact) mass is 379 g/mol. The van der Waals surface area contributed by atoms with E-state index in [1.54, 1.807) is 41.9 Å². The number of nitrogens with two attached hydrogens (primary N) is 1. The van der Waals surface area contributed by atoms with E-state index in [0.29, 0.717) is 32.0 Å². The Balaban J connectivity index is 2.30. The summed E-state index contributed by atoms with van der Waals surface area (Å²) in [6.45, 7) is 0. The minimum Gasteiger partial charge on any atom is -0.363 e. The van der Waals surface area contributed by atoms with Gasteiger partial charge in [-0.2, -0.15) is 0 Å². The van der Waals surface area contributed by atoms with Crippen molar-refractivity contribution in [3.63, 3.8) is 0 Å². The number of rotatable bonds is 3. The molecule has 122 valence electrons. The Kier molecular flexibility index (Phi) is 4.54. The number of halogens is 3. The lowest BCUT2D eigenvalue weighted by Crippen LogP contribution is -2.16. The number of carbonyl (C=O) groups is 1. The van der Waals surface area contributed by atoms with Crippen LogP contribution in [-0.4, -0.2) is 15.5 Å². The number of hydrogen-bond donors (Lipinski definition) is 1. The van der Waals surface area contributed by atoms with Crippen LogP contribution in [0.3, 0.4) is 0 Å². The van der Waals surface area contributed by atoms with Crippen molar-refractivity contribution in [3.8, 4) is 22.5 Å². The lowest BCUT2D eigenvalue weighted by atomic mass is 10.0. The third kappa shape index (κ3) is 3.00. The van der Waals surface area contributed by atoms with Gasteiger partial charge in [0.15, 0.2) is 5.82 Å². The van der Waals surface area contributed by atoms with E-state index in [1.165, 1.54) is 0 Å². The van der Waals surface area contributed by atoms with Crippen LogP contribution in [0.15, 0.2) is 42.5 Å². The van der Waals surface area contributed by atoms with Gasteiger partial charge in [-0.05, 0) is 30.3 Å². The van der Waals surface area contributed by atoms with Crippen LogP contribution < -0.4 is 5.73 Å². The maximum Gasteiger partial charge on any atom is 0.284 e. The van der Waals surface area contributed by atoms with E-state index in [9.17, 15) is 4.79 Å². The highest BCUT2D eigenvalue weighted by Gasteiger charge is 2.22. The van der Waals surface area contributed by atoms with Crippen molar-refractivity contribution >= 4 is 40.7 Å². The summed E-state index contributed by atoms with van der Waals surface area (Å²) in [5, 5.41) is 1.57. The highest BCUT2D eigenvalue weighted by Crippen LogP contribution is 2.37.